The van der Waals surface area contributed by atoms with Crippen molar-refractivity contribution in [1.82, 2.24) is 9.88 Å². The van der Waals surface area contributed by atoms with Crippen LogP contribution in [-0.4, -0.2) is 27.5 Å². The maximum absolute atomic E-state index is 13.2. The molecule has 1 atom stereocenters. The van der Waals surface area contributed by atoms with Crippen molar-refractivity contribution >= 4 is 17.6 Å². The van der Waals surface area contributed by atoms with E-state index in [0.29, 0.717) is 18.5 Å². The summed E-state index contributed by atoms with van der Waals surface area (Å²) in [5.41, 5.74) is 3.80. The van der Waals surface area contributed by atoms with Gasteiger partial charge in [-0.3, -0.25) is 9.88 Å². The molecule has 2 heterocycles. The molecule has 1 aliphatic rings. The topological polar surface area (TPSA) is 53.4 Å². The molecule has 1 N–H and O–H groups in total. The molecular weight excluding hydrogens is 415 g/mol. The lowest BCUT2D eigenvalue weighted by molar-refractivity contribution is 0.0695. The van der Waals surface area contributed by atoms with Gasteiger partial charge in [-0.15, -0.1) is 0 Å². The van der Waals surface area contributed by atoms with Gasteiger partial charge in [0.2, 0.25) is 0 Å². The van der Waals surface area contributed by atoms with E-state index in [9.17, 15) is 14.3 Å². The summed E-state index contributed by atoms with van der Waals surface area (Å²) in [6.45, 7) is 1.74. The molecular formula is C25H24ClFN2O2. The fourth-order valence-corrected chi connectivity index (χ4v) is 4.44. The lowest BCUT2D eigenvalue weighted by atomic mass is 10.0. The fraction of sp³-hybridized carbons (Fsp3) is 0.280. The number of carboxylic acid groups (broad SMARTS) is 1. The largest absolute Gasteiger partial charge is 0.478 e. The van der Waals surface area contributed by atoms with Gasteiger partial charge in [0.15, 0.2) is 0 Å². The predicted octanol–water partition coefficient (Wildman–Crippen LogP) is 5.69. The number of pyridine rings is 1. The van der Waals surface area contributed by atoms with Crippen LogP contribution >= 0.6 is 11.6 Å². The van der Waals surface area contributed by atoms with Gasteiger partial charge in [-0.05, 0) is 79.8 Å². The molecule has 1 fully saturated rings. The van der Waals surface area contributed by atoms with Gasteiger partial charge in [-0.2, -0.15) is 0 Å². The lowest BCUT2D eigenvalue weighted by Crippen LogP contribution is -2.24. The second kappa shape index (κ2) is 9.58. The van der Waals surface area contributed by atoms with Gasteiger partial charge in [0.25, 0.3) is 0 Å². The number of hydrogen-bond donors (Lipinski definition) is 1. The van der Waals surface area contributed by atoms with Gasteiger partial charge in [0.1, 0.15) is 5.82 Å². The molecule has 0 aliphatic carbocycles. The molecule has 1 saturated heterocycles. The molecule has 160 valence electrons. The zero-order valence-electron chi connectivity index (χ0n) is 17.1. The highest BCUT2D eigenvalue weighted by molar-refractivity contribution is 6.30. The van der Waals surface area contributed by atoms with Gasteiger partial charge < -0.3 is 5.11 Å². The lowest BCUT2D eigenvalue weighted by Gasteiger charge is -2.25. The van der Waals surface area contributed by atoms with Crippen LogP contribution in [0.4, 0.5) is 4.39 Å². The van der Waals surface area contributed by atoms with E-state index in [1.165, 1.54) is 12.1 Å². The number of halogens is 2. The highest BCUT2D eigenvalue weighted by Crippen LogP contribution is 2.33. The third-order valence-corrected chi connectivity index (χ3v) is 6.00. The van der Waals surface area contributed by atoms with Gasteiger partial charge in [0, 0.05) is 11.6 Å². The van der Waals surface area contributed by atoms with Crippen LogP contribution in [0.5, 0.6) is 0 Å². The Balaban J connectivity index is 1.55. The Morgan fingerprint density at radius 1 is 1.10 bits per heavy atom. The molecule has 1 unspecified atom stereocenters. The Morgan fingerprint density at radius 3 is 2.65 bits per heavy atom. The Labute approximate surface area is 186 Å². The maximum Gasteiger partial charge on any atom is 0.337 e. The van der Waals surface area contributed by atoms with Crippen molar-refractivity contribution in [2.75, 3.05) is 6.54 Å². The second-order valence-corrected chi connectivity index (χ2v) is 8.36. The number of aromatic carboxylic acids is 1. The summed E-state index contributed by atoms with van der Waals surface area (Å²) >= 11 is 6.14. The molecule has 0 bridgehead atoms. The average Bonchev–Trinajstić information content (AvgIpc) is 3.21. The highest BCUT2D eigenvalue weighted by atomic mass is 35.5. The minimum absolute atomic E-state index is 0.145. The first-order valence-electron chi connectivity index (χ1n) is 10.5. The summed E-state index contributed by atoms with van der Waals surface area (Å²) in [5.74, 6) is -1.26. The van der Waals surface area contributed by atoms with Crippen LogP contribution in [-0.2, 0) is 19.4 Å². The van der Waals surface area contributed by atoms with Gasteiger partial charge in [-0.1, -0.05) is 35.9 Å². The van der Waals surface area contributed by atoms with Crippen molar-refractivity contribution < 1.29 is 14.3 Å². The van der Waals surface area contributed by atoms with E-state index < -0.39 is 5.97 Å². The molecule has 1 aliphatic heterocycles. The fourth-order valence-electron chi connectivity index (χ4n) is 4.22. The average molecular weight is 439 g/mol. The summed E-state index contributed by atoms with van der Waals surface area (Å²) in [5, 5.41) is 10.3. The van der Waals surface area contributed by atoms with E-state index in [2.05, 4.69) is 11.0 Å². The number of carboxylic acids is 1. The zero-order chi connectivity index (χ0) is 21.8. The predicted molar refractivity (Wildman–Crippen MR) is 119 cm³/mol. The number of carbonyl (C=O) groups is 1. The van der Waals surface area contributed by atoms with Crippen molar-refractivity contribution in [3.63, 3.8) is 0 Å². The first kappa shape index (κ1) is 21.5. The second-order valence-electron chi connectivity index (χ2n) is 7.92. The number of rotatable bonds is 7. The van der Waals surface area contributed by atoms with Crippen LogP contribution in [0.15, 0.2) is 60.7 Å². The SMILES string of the molecule is O=C(O)c1ccc(C2CCCN2Cc2cccc(Cl)c2)nc1CCc1ccc(F)cc1. The summed E-state index contributed by atoms with van der Waals surface area (Å²) in [6, 6.07) is 17.8. The number of aryl methyl sites for hydroxylation is 2. The molecule has 0 radical (unpaired) electrons. The minimum atomic E-state index is -0.977. The first-order valence-corrected chi connectivity index (χ1v) is 10.8. The molecule has 6 heteroatoms. The normalized spacial score (nSPS) is 16.5. The van der Waals surface area contributed by atoms with Gasteiger partial charge >= 0.3 is 5.97 Å². The Hall–Kier alpha value is -2.76. The van der Waals surface area contributed by atoms with Gasteiger partial charge in [0.05, 0.1) is 23.0 Å². The first-order chi connectivity index (χ1) is 15.0. The molecule has 1 aromatic heterocycles. The quantitative estimate of drug-likeness (QED) is 0.514. The van der Waals surface area contributed by atoms with E-state index >= 15 is 0 Å². The van der Waals surface area contributed by atoms with Crippen LogP contribution in [0, 0.1) is 5.82 Å². The van der Waals surface area contributed by atoms with Gasteiger partial charge in [-0.25, -0.2) is 9.18 Å². The summed E-state index contributed by atoms with van der Waals surface area (Å²) in [7, 11) is 0. The van der Waals surface area contributed by atoms with Crippen molar-refractivity contribution in [2.24, 2.45) is 0 Å². The molecule has 0 spiro atoms. The van der Waals surface area contributed by atoms with Crippen molar-refractivity contribution in [2.45, 2.75) is 38.3 Å². The molecule has 4 rings (SSSR count). The Kier molecular flexibility index (Phi) is 6.64. The van der Waals surface area contributed by atoms with E-state index in [-0.39, 0.29) is 17.4 Å². The Bertz CT molecular complexity index is 1070. The third kappa shape index (κ3) is 5.30. The van der Waals surface area contributed by atoms with Crippen LogP contribution < -0.4 is 0 Å². The Morgan fingerprint density at radius 2 is 1.90 bits per heavy atom. The summed E-state index contributed by atoms with van der Waals surface area (Å²) < 4.78 is 13.2. The molecule has 31 heavy (non-hydrogen) atoms. The smallest absolute Gasteiger partial charge is 0.337 e. The summed E-state index contributed by atoms with van der Waals surface area (Å²) in [4.78, 5) is 18.9. The zero-order valence-corrected chi connectivity index (χ0v) is 17.9. The van der Waals surface area contributed by atoms with Crippen LogP contribution in [0.2, 0.25) is 5.02 Å². The number of benzene rings is 2. The van der Waals surface area contributed by atoms with Crippen LogP contribution in [0.1, 0.15) is 51.8 Å². The van der Waals surface area contributed by atoms with E-state index in [1.807, 2.05) is 24.3 Å². The maximum atomic E-state index is 13.2. The molecule has 4 nitrogen and oxygen atoms in total. The van der Waals surface area contributed by atoms with Crippen LogP contribution in [0.25, 0.3) is 0 Å². The van der Waals surface area contributed by atoms with Crippen molar-refractivity contribution in [1.29, 1.82) is 0 Å². The molecule has 3 aromatic rings. The minimum Gasteiger partial charge on any atom is -0.478 e. The van der Waals surface area contributed by atoms with E-state index in [4.69, 9.17) is 16.6 Å². The standard InChI is InChI=1S/C25H24ClFN2O2/c26-19-4-1-3-18(15-19)16-29-14-2-5-24(29)23-13-11-21(25(30)31)22(28-23)12-8-17-6-9-20(27)10-7-17/h1,3-4,6-7,9-11,13,15,24H,2,5,8,12,14,16H2,(H,30,31). The number of nitrogens with zero attached hydrogens (tertiary/aromatic N) is 2. The van der Waals surface area contributed by atoms with Crippen molar-refractivity contribution in [3.05, 3.63) is 99.6 Å². The number of likely N-dealkylation sites (tertiary alicyclic amines) is 1. The number of hydrogen-bond acceptors (Lipinski definition) is 3. The molecule has 0 saturated carbocycles. The molecule has 2 aromatic carbocycles. The summed E-state index contributed by atoms with van der Waals surface area (Å²) in [6.07, 6.45) is 3.14. The highest BCUT2D eigenvalue weighted by Gasteiger charge is 2.28. The van der Waals surface area contributed by atoms with E-state index in [1.54, 1.807) is 18.2 Å². The van der Waals surface area contributed by atoms with Crippen molar-refractivity contribution in [3.8, 4) is 0 Å². The number of aromatic nitrogens is 1. The van der Waals surface area contributed by atoms with Crippen LogP contribution in [0.3, 0.4) is 0 Å². The van der Waals surface area contributed by atoms with E-state index in [0.717, 1.165) is 47.8 Å². The monoisotopic (exact) mass is 438 g/mol. The third-order valence-electron chi connectivity index (χ3n) is 5.77. The molecule has 0 amide bonds.